The van der Waals surface area contributed by atoms with Gasteiger partial charge >= 0.3 is 0 Å². The average molecular weight is 326 g/mol. The molecule has 0 bridgehead atoms. The highest BCUT2D eigenvalue weighted by Crippen LogP contribution is 2.34. The van der Waals surface area contributed by atoms with E-state index in [1.807, 2.05) is 24.3 Å². The van der Waals surface area contributed by atoms with E-state index in [1.165, 1.54) is 5.69 Å². The van der Waals surface area contributed by atoms with Gasteiger partial charge in [-0.15, -0.1) is 0 Å². The van der Waals surface area contributed by atoms with E-state index in [0.717, 1.165) is 43.2 Å². The number of hydrogen-bond donors (Lipinski definition) is 1. The van der Waals surface area contributed by atoms with E-state index >= 15 is 0 Å². The summed E-state index contributed by atoms with van der Waals surface area (Å²) >= 11 is 0. The Bertz CT molecular complexity index is 684. The van der Waals surface area contributed by atoms with Crippen molar-refractivity contribution in [3.05, 3.63) is 54.1 Å². The van der Waals surface area contributed by atoms with Gasteiger partial charge in [0.25, 0.3) is 0 Å². The lowest BCUT2D eigenvalue weighted by Crippen LogP contribution is -2.47. The molecule has 0 spiro atoms. The molecule has 5 nitrogen and oxygen atoms in total. The maximum Gasteiger partial charge on any atom is 0.231 e. The number of fused-ring (bicyclic) bond motifs is 1. The first-order valence-electron chi connectivity index (χ1n) is 8.39. The summed E-state index contributed by atoms with van der Waals surface area (Å²) in [4.78, 5) is 4.71. The Hall–Kier alpha value is -2.24. The zero-order valence-electron chi connectivity index (χ0n) is 13.6. The van der Waals surface area contributed by atoms with Gasteiger partial charge in [-0.05, 0) is 29.8 Å². The van der Waals surface area contributed by atoms with E-state index in [1.54, 1.807) is 0 Å². The number of aliphatic hydroxyl groups is 1. The SMILES string of the molecule is OC(CN1CCN(c2ccccc2)CC1)c1ccc2c(c1)OCO2. The Morgan fingerprint density at radius 2 is 1.67 bits per heavy atom. The van der Waals surface area contributed by atoms with Crippen molar-refractivity contribution in [2.24, 2.45) is 0 Å². The van der Waals surface area contributed by atoms with Crippen LogP contribution in [0.3, 0.4) is 0 Å². The normalized spacial score (nSPS) is 18.6. The summed E-state index contributed by atoms with van der Waals surface area (Å²) in [5.74, 6) is 1.47. The molecule has 1 unspecified atom stereocenters. The second-order valence-corrected chi connectivity index (χ2v) is 6.25. The first-order valence-corrected chi connectivity index (χ1v) is 8.39. The molecule has 0 aliphatic carbocycles. The second kappa shape index (κ2) is 6.71. The fourth-order valence-corrected chi connectivity index (χ4v) is 3.30. The predicted molar refractivity (Wildman–Crippen MR) is 92.6 cm³/mol. The zero-order chi connectivity index (χ0) is 16.4. The number of hydrogen-bond acceptors (Lipinski definition) is 5. The fraction of sp³-hybridized carbons (Fsp3) is 0.368. The van der Waals surface area contributed by atoms with Gasteiger partial charge in [-0.25, -0.2) is 0 Å². The lowest BCUT2D eigenvalue weighted by Gasteiger charge is -2.37. The minimum absolute atomic E-state index is 0.260. The highest BCUT2D eigenvalue weighted by Gasteiger charge is 2.22. The molecule has 2 heterocycles. The molecule has 0 saturated carbocycles. The zero-order valence-corrected chi connectivity index (χ0v) is 13.6. The van der Waals surface area contributed by atoms with E-state index in [4.69, 9.17) is 9.47 Å². The van der Waals surface area contributed by atoms with Gasteiger partial charge in [0, 0.05) is 38.4 Å². The minimum atomic E-state index is -0.511. The van der Waals surface area contributed by atoms with E-state index in [2.05, 4.69) is 34.1 Å². The maximum absolute atomic E-state index is 10.5. The highest BCUT2D eigenvalue weighted by molar-refractivity contribution is 5.46. The Labute approximate surface area is 142 Å². The van der Waals surface area contributed by atoms with Crippen LogP contribution in [-0.2, 0) is 0 Å². The molecule has 126 valence electrons. The van der Waals surface area contributed by atoms with Crippen molar-refractivity contribution in [2.45, 2.75) is 6.10 Å². The third kappa shape index (κ3) is 3.18. The summed E-state index contributed by atoms with van der Waals surface area (Å²) in [6.45, 7) is 4.78. The Morgan fingerprint density at radius 1 is 0.917 bits per heavy atom. The van der Waals surface area contributed by atoms with Crippen molar-refractivity contribution in [1.29, 1.82) is 0 Å². The Morgan fingerprint density at radius 3 is 2.46 bits per heavy atom. The van der Waals surface area contributed by atoms with Gasteiger partial charge in [0.2, 0.25) is 6.79 Å². The number of rotatable bonds is 4. The lowest BCUT2D eigenvalue weighted by atomic mass is 10.1. The molecule has 2 aromatic rings. The minimum Gasteiger partial charge on any atom is -0.454 e. The summed E-state index contributed by atoms with van der Waals surface area (Å²) < 4.78 is 10.7. The molecule has 4 rings (SSSR count). The summed E-state index contributed by atoms with van der Waals surface area (Å²) in [6.07, 6.45) is -0.511. The standard InChI is InChI=1S/C19H22N2O3/c22-17(15-6-7-18-19(12-15)24-14-23-18)13-20-8-10-21(11-9-20)16-4-2-1-3-5-16/h1-7,12,17,22H,8-11,13-14H2. The number of ether oxygens (including phenoxy) is 2. The van der Waals surface area contributed by atoms with Crippen molar-refractivity contribution in [1.82, 2.24) is 4.90 Å². The largest absolute Gasteiger partial charge is 0.454 e. The molecule has 1 atom stereocenters. The molecule has 2 aliphatic heterocycles. The Kier molecular flexibility index (Phi) is 4.28. The molecule has 2 aromatic carbocycles. The molecule has 5 heteroatoms. The molecular weight excluding hydrogens is 304 g/mol. The number of anilines is 1. The summed E-state index contributed by atoms with van der Waals surface area (Å²) in [5, 5.41) is 10.5. The molecule has 1 saturated heterocycles. The van der Waals surface area contributed by atoms with Gasteiger partial charge in [-0.2, -0.15) is 0 Å². The molecule has 2 aliphatic rings. The van der Waals surface area contributed by atoms with E-state index in [0.29, 0.717) is 6.54 Å². The van der Waals surface area contributed by atoms with Crippen molar-refractivity contribution < 1.29 is 14.6 Å². The topological polar surface area (TPSA) is 45.2 Å². The first-order chi connectivity index (χ1) is 11.8. The van der Waals surface area contributed by atoms with Gasteiger partial charge in [0.15, 0.2) is 11.5 Å². The van der Waals surface area contributed by atoms with Crippen LogP contribution in [0.1, 0.15) is 11.7 Å². The monoisotopic (exact) mass is 326 g/mol. The van der Waals surface area contributed by atoms with Crippen LogP contribution in [0.5, 0.6) is 11.5 Å². The molecule has 1 fully saturated rings. The van der Waals surface area contributed by atoms with E-state index in [9.17, 15) is 5.11 Å². The number of para-hydroxylation sites is 1. The summed E-state index contributed by atoms with van der Waals surface area (Å²) in [7, 11) is 0. The molecule has 0 radical (unpaired) electrons. The maximum atomic E-state index is 10.5. The lowest BCUT2D eigenvalue weighted by molar-refractivity contribution is 0.109. The number of aliphatic hydroxyl groups excluding tert-OH is 1. The molecular formula is C19H22N2O3. The molecule has 24 heavy (non-hydrogen) atoms. The molecule has 0 amide bonds. The van der Waals surface area contributed by atoms with Gasteiger partial charge in [-0.3, -0.25) is 4.90 Å². The van der Waals surface area contributed by atoms with Crippen LogP contribution in [0.2, 0.25) is 0 Å². The van der Waals surface area contributed by atoms with Crippen LogP contribution >= 0.6 is 0 Å². The highest BCUT2D eigenvalue weighted by atomic mass is 16.7. The molecule has 1 N–H and O–H groups in total. The van der Waals surface area contributed by atoms with Crippen LogP contribution in [-0.4, -0.2) is 49.5 Å². The summed E-state index contributed by atoms with van der Waals surface area (Å²) in [5.41, 5.74) is 2.15. The fourth-order valence-electron chi connectivity index (χ4n) is 3.30. The van der Waals surface area contributed by atoms with E-state index in [-0.39, 0.29) is 6.79 Å². The molecule has 0 aromatic heterocycles. The smallest absolute Gasteiger partial charge is 0.231 e. The number of nitrogens with zero attached hydrogens (tertiary/aromatic N) is 2. The number of β-amino-alcohol motifs (C(OH)–C–C–N with tert-alkyl or cyclic N) is 1. The summed E-state index contributed by atoms with van der Waals surface area (Å²) in [6, 6.07) is 16.2. The van der Waals surface area contributed by atoms with Crippen molar-refractivity contribution >= 4 is 5.69 Å². The van der Waals surface area contributed by atoms with Crippen LogP contribution in [0, 0.1) is 0 Å². The van der Waals surface area contributed by atoms with Crippen LogP contribution in [0.25, 0.3) is 0 Å². The second-order valence-electron chi connectivity index (χ2n) is 6.25. The number of benzene rings is 2. The van der Waals surface area contributed by atoms with Crippen LogP contribution < -0.4 is 14.4 Å². The third-order valence-corrected chi connectivity index (χ3v) is 4.71. The van der Waals surface area contributed by atoms with Gasteiger partial charge in [0.05, 0.1) is 6.10 Å². The number of piperazine rings is 1. The van der Waals surface area contributed by atoms with E-state index < -0.39 is 6.10 Å². The quantitative estimate of drug-likeness (QED) is 0.934. The van der Waals surface area contributed by atoms with Crippen LogP contribution in [0.4, 0.5) is 5.69 Å². The van der Waals surface area contributed by atoms with Gasteiger partial charge in [0.1, 0.15) is 0 Å². The average Bonchev–Trinajstić information content (AvgIpc) is 3.11. The Balaban J connectivity index is 1.33. The van der Waals surface area contributed by atoms with Crippen LogP contribution in [0.15, 0.2) is 48.5 Å². The van der Waals surface area contributed by atoms with Crippen molar-refractivity contribution in [2.75, 3.05) is 44.4 Å². The van der Waals surface area contributed by atoms with Crippen molar-refractivity contribution in [3.63, 3.8) is 0 Å². The predicted octanol–water partition coefficient (Wildman–Crippen LogP) is 2.27. The van der Waals surface area contributed by atoms with Gasteiger partial charge < -0.3 is 19.5 Å². The first kappa shape index (κ1) is 15.3. The van der Waals surface area contributed by atoms with Crippen molar-refractivity contribution in [3.8, 4) is 11.5 Å². The van der Waals surface area contributed by atoms with Gasteiger partial charge in [-0.1, -0.05) is 24.3 Å². The third-order valence-electron chi connectivity index (χ3n) is 4.71.